The Morgan fingerprint density at radius 2 is 2.26 bits per heavy atom. The molecule has 0 unspecified atom stereocenters. The molecular formula is C10H13ClF2N4O2. The highest BCUT2D eigenvalue weighted by molar-refractivity contribution is 6.33. The van der Waals surface area contributed by atoms with Crippen LogP contribution >= 0.6 is 11.6 Å². The van der Waals surface area contributed by atoms with Crippen LogP contribution < -0.4 is 11.3 Å². The minimum atomic E-state index is -2.72. The number of carbonyl (C=O) groups is 1. The predicted molar refractivity (Wildman–Crippen MR) is 66.1 cm³/mol. The topological polar surface area (TPSA) is 91.5 Å². The zero-order valence-electron chi connectivity index (χ0n) is 9.81. The van der Waals surface area contributed by atoms with Crippen molar-refractivity contribution in [2.75, 3.05) is 25.1 Å². The van der Waals surface area contributed by atoms with Crippen molar-refractivity contribution >= 4 is 23.3 Å². The molecule has 0 fully saturated rings. The number of nitrogen functional groups attached to an aromatic ring is 1. The van der Waals surface area contributed by atoms with E-state index in [0.717, 1.165) is 4.90 Å². The number of hydrogen-bond acceptors (Lipinski definition) is 5. The molecule has 4 N–H and O–H groups in total. The SMILES string of the molecule is NNc1ccc(Cl)c(C(=O)N(CCO)CC(F)F)n1. The van der Waals surface area contributed by atoms with E-state index in [9.17, 15) is 13.6 Å². The number of hydrazine groups is 1. The summed E-state index contributed by atoms with van der Waals surface area (Å²) in [5.74, 6) is 4.52. The molecule has 0 radical (unpaired) electrons. The molecule has 9 heteroatoms. The number of aliphatic hydroxyl groups excluding tert-OH is 1. The first kappa shape index (κ1) is 15.5. The number of aliphatic hydroxyl groups is 1. The average Bonchev–Trinajstić information content (AvgIpc) is 2.37. The van der Waals surface area contributed by atoms with Crippen LogP contribution in [-0.2, 0) is 0 Å². The molecule has 1 aromatic rings. The third kappa shape index (κ3) is 4.27. The van der Waals surface area contributed by atoms with Gasteiger partial charge in [-0.1, -0.05) is 11.6 Å². The van der Waals surface area contributed by atoms with Crippen molar-refractivity contribution in [2.24, 2.45) is 5.84 Å². The van der Waals surface area contributed by atoms with Crippen molar-refractivity contribution in [3.8, 4) is 0 Å². The zero-order chi connectivity index (χ0) is 14.4. The van der Waals surface area contributed by atoms with Crippen LogP contribution in [0.25, 0.3) is 0 Å². The number of nitrogens with zero attached hydrogens (tertiary/aromatic N) is 2. The van der Waals surface area contributed by atoms with Crippen LogP contribution in [0.2, 0.25) is 5.02 Å². The van der Waals surface area contributed by atoms with Crippen molar-refractivity contribution in [1.82, 2.24) is 9.88 Å². The van der Waals surface area contributed by atoms with E-state index in [1.54, 1.807) is 0 Å². The number of amides is 1. The van der Waals surface area contributed by atoms with E-state index >= 15 is 0 Å². The molecule has 0 spiro atoms. The molecule has 1 aromatic heterocycles. The summed E-state index contributed by atoms with van der Waals surface area (Å²) in [7, 11) is 0. The van der Waals surface area contributed by atoms with E-state index in [2.05, 4.69) is 10.4 Å². The Morgan fingerprint density at radius 3 is 2.79 bits per heavy atom. The highest BCUT2D eigenvalue weighted by Crippen LogP contribution is 2.18. The van der Waals surface area contributed by atoms with Gasteiger partial charge in [-0.05, 0) is 12.1 Å². The smallest absolute Gasteiger partial charge is 0.274 e. The molecule has 19 heavy (non-hydrogen) atoms. The Morgan fingerprint density at radius 1 is 1.58 bits per heavy atom. The van der Waals surface area contributed by atoms with Gasteiger partial charge in [-0.3, -0.25) is 4.79 Å². The molecule has 0 saturated carbocycles. The fourth-order valence-corrected chi connectivity index (χ4v) is 1.57. The van der Waals surface area contributed by atoms with Crippen LogP contribution in [0.5, 0.6) is 0 Å². The van der Waals surface area contributed by atoms with Crippen LogP contribution in [0.3, 0.4) is 0 Å². The molecular weight excluding hydrogens is 282 g/mol. The predicted octanol–water partition coefficient (Wildman–Crippen LogP) is 0.720. The third-order valence-electron chi connectivity index (χ3n) is 2.21. The van der Waals surface area contributed by atoms with Crippen molar-refractivity contribution in [3.05, 3.63) is 22.8 Å². The summed E-state index contributed by atoms with van der Waals surface area (Å²) in [6.07, 6.45) is -2.72. The number of aromatic nitrogens is 1. The van der Waals surface area contributed by atoms with Gasteiger partial charge >= 0.3 is 0 Å². The number of anilines is 1. The summed E-state index contributed by atoms with van der Waals surface area (Å²) in [5, 5.41) is 8.81. The van der Waals surface area contributed by atoms with E-state index in [-0.39, 0.29) is 23.1 Å². The Balaban J connectivity index is 3.01. The lowest BCUT2D eigenvalue weighted by Gasteiger charge is -2.21. The number of hydrogen-bond donors (Lipinski definition) is 3. The average molecular weight is 295 g/mol. The lowest BCUT2D eigenvalue weighted by atomic mass is 10.3. The summed E-state index contributed by atoms with van der Waals surface area (Å²) < 4.78 is 24.7. The fourth-order valence-electron chi connectivity index (χ4n) is 1.39. The highest BCUT2D eigenvalue weighted by Gasteiger charge is 2.22. The minimum absolute atomic E-state index is 0.0150. The first-order chi connectivity index (χ1) is 8.99. The van der Waals surface area contributed by atoms with Gasteiger partial charge in [0.15, 0.2) is 0 Å². The van der Waals surface area contributed by atoms with Crippen LogP contribution in [0.4, 0.5) is 14.6 Å². The Kier molecular flexibility index (Phi) is 5.87. The monoisotopic (exact) mass is 294 g/mol. The van der Waals surface area contributed by atoms with E-state index in [0.29, 0.717) is 0 Å². The molecule has 0 bridgehead atoms. The van der Waals surface area contributed by atoms with Crippen LogP contribution in [0.1, 0.15) is 10.5 Å². The normalized spacial score (nSPS) is 10.6. The highest BCUT2D eigenvalue weighted by atomic mass is 35.5. The number of nitrogens with two attached hydrogens (primary N) is 1. The molecule has 1 amide bonds. The van der Waals surface area contributed by atoms with Crippen molar-refractivity contribution < 1.29 is 18.7 Å². The maximum atomic E-state index is 12.4. The van der Waals surface area contributed by atoms with E-state index in [1.165, 1.54) is 12.1 Å². The van der Waals surface area contributed by atoms with Gasteiger partial charge in [-0.15, -0.1) is 0 Å². The first-order valence-electron chi connectivity index (χ1n) is 5.31. The maximum Gasteiger partial charge on any atom is 0.274 e. The second-order valence-electron chi connectivity index (χ2n) is 3.54. The maximum absolute atomic E-state index is 12.4. The van der Waals surface area contributed by atoms with E-state index < -0.39 is 25.5 Å². The summed E-state index contributed by atoms with van der Waals surface area (Å²) in [4.78, 5) is 16.6. The van der Waals surface area contributed by atoms with Gasteiger partial charge in [0, 0.05) is 6.54 Å². The van der Waals surface area contributed by atoms with Gasteiger partial charge in [-0.2, -0.15) is 0 Å². The standard InChI is InChI=1S/C10H13ClF2N4O2/c11-6-1-2-8(16-14)15-9(6)10(19)17(3-4-18)5-7(12)13/h1-2,7,18H,3-5,14H2,(H,15,16). The number of carbonyl (C=O) groups excluding carboxylic acids is 1. The lowest BCUT2D eigenvalue weighted by Crippen LogP contribution is -2.38. The quantitative estimate of drug-likeness (QED) is 0.531. The van der Waals surface area contributed by atoms with Crippen LogP contribution in [0.15, 0.2) is 12.1 Å². The van der Waals surface area contributed by atoms with Gasteiger partial charge in [-0.25, -0.2) is 19.6 Å². The van der Waals surface area contributed by atoms with Gasteiger partial charge in [0.1, 0.15) is 11.5 Å². The molecule has 106 valence electrons. The first-order valence-corrected chi connectivity index (χ1v) is 5.68. The van der Waals surface area contributed by atoms with Crippen LogP contribution in [-0.4, -0.2) is 47.0 Å². The van der Waals surface area contributed by atoms with Crippen molar-refractivity contribution in [3.63, 3.8) is 0 Å². The van der Waals surface area contributed by atoms with Crippen molar-refractivity contribution in [1.29, 1.82) is 0 Å². The Hall–Kier alpha value is -1.51. The number of rotatable bonds is 6. The zero-order valence-corrected chi connectivity index (χ0v) is 10.6. The van der Waals surface area contributed by atoms with Gasteiger partial charge < -0.3 is 15.4 Å². The van der Waals surface area contributed by atoms with E-state index in [4.69, 9.17) is 22.6 Å². The summed E-state index contributed by atoms with van der Waals surface area (Å²) in [6.45, 7) is -1.48. The molecule has 0 atom stereocenters. The molecule has 0 aliphatic heterocycles. The minimum Gasteiger partial charge on any atom is -0.395 e. The van der Waals surface area contributed by atoms with Crippen molar-refractivity contribution in [2.45, 2.75) is 6.43 Å². The molecule has 6 nitrogen and oxygen atoms in total. The summed E-state index contributed by atoms with van der Waals surface area (Å²) >= 11 is 5.80. The van der Waals surface area contributed by atoms with E-state index in [1.807, 2.05) is 0 Å². The van der Waals surface area contributed by atoms with Crippen LogP contribution in [0, 0.1) is 0 Å². The molecule has 1 rings (SSSR count). The molecule has 0 saturated heterocycles. The fraction of sp³-hybridized carbons (Fsp3) is 0.400. The third-order valence-corrected chi connectivity index (χ3v) is 2.52. The summed E-state index contributed by atoms with van der Waals surface area (Å²) in [5.41, 5.74) is 2.02. The second kappa shape index (κ2) is 7.17. The lowest BCUT2D eigenvalue weighted by molar-refractivity contribution is 0.0504. The molecule has 1 heterocycles. The number of pyridine rings is 1. The number of alkyl halides is 2. The molecule has 0 aromatic carbocycles. The Labute approximate surface area is 113 Å². The number of nitrogens with one attached hydrogen (secondary N) is 1. The Bertz CT molecular complexity index is 448. The molecule has 0 aliphatic rings. The molecule has 0 aliphatic carbocycles. The number of halogens is 3. The van der Waals surface area contributed by atoms with Gasteiger partial charge in [0.25, 0.3) is 12.3 Å². The summed E-state index contributed by atoms with van der Waals surface area (Å²) in [6, 6.07) is 2.80. The van der Waals surface area contributed by atoms with Gasteiger partial charge in [0.05, 0.1) is 18.2 Å². The second-order valence-corrected chi connectivity index (χ2v) is 3.94. The largest absolute Gasteiger partial charge is 0.395 e. The van der Waals surface area contributed by atoms with Gasteiger partial charge in [0.2, 0.25) is 0 Å².